The molecule has 174 valence electrons. The smallest absolute Gasteiger partial charge is 0.404 e. The Balaban J connectivity index is 1.75. The summed E-state index contributed by atoms with van der Waals surface area (Å²) in [6.07, 6.45) is 3.36. The van der Waals surface area contributed by atoms with E-state index in [0.29, 0.717) is 24.4 Å². The van der Waals surface area contributed by atoms with Crippen molar-refractivity contribution in [2.24, 2.45) is 0 Å². The number of amides is 1. The van der Waals surface area contributed by atoms with Gasteiger partial charge in [0.1, 0.15) is 0 Å². The van der Waals surface area contributed by atoms with E-state index in [1.807, 2.05) is 31.2 Å². The van der Waals surface area contributed by atoms with Gasteiger partial charge in [-0.1, -0.05) is 48.9 Å². The molecule has 3 N–H and O–H groups in total. The van der Waals surface area contributed by atoms with Gasteiger partial charge in [-0.25, -0.2) is 17.9 Å². The average Bonchev–Trinajstić information content (AvgIpc) is 2.74. The molecule has 0 aromatic heterocycles. The minimum absolute atomic E-state index is 0.0269. The molecule has 0 aliphatic heterocycles. The minimum atomic E-state index is -3.19. The average molecular weight is 479 g/mol. The van der Waals surface area contributed by atoms with E-state index < -0.39 is 16.1 Å². The van der Waals surface area contributed by atoms with Crippen LogP contribution < -0.4 is 10.0 Å². The number of carbonyl (C=O) groups is 1. The molecule has 32 heavy (non-hydrogen) atoms. The number of benzene rings is 2. The number of hydrogen-bond acceptors (Lipinski definition) is 3. The number of fused-ring (bicyclic) bond motifs is 1. The predicted octanol–water partition coefficient (Wildman–Crippen LogP) is 4.51. The maximum atomic E-state index is 11.8. The molecular weight excluding hydrogens is 448 g/mol. The van der Waals surface area contributed by atoms with Crippen LogP contribution in [0.25, 0.3) is 0 Å². The number of rotatable bonds is 10. The Morgan fingerprint density at radius 3 is 2.56 bits per heavy atom. The van der Waals surface area contributed by atoms with Crippen LogP contribution >= 0.6 is 11.6 Å². The van der Waals surface area contributed by atoms with E-state index in [4.69, 9.17) is 11.6 Å². The number of aryl methyl sites for hydroxylation is 2. The van der Waals surface area contributed by atoms with Crippen LogP contribution in [-0.4, -0.2) is 38.0 Å². The van der Waals surface area contributed by atoms with Gasteiger partial charge in [-0.05, 0) is 72.9 Å². The van der Waals surface area contributed by atoms with Gasteiger partial charge in [0, 0.05) is 23.5 Å². The molecule has 0 spiro atoms. The molecule has 1 aliphatic rings. The van der Waals surface area contributed by atoms with Crippen LogP contribution in [0.1, 0.15) is 54.4 Å². The molecule has 8 heteroatoms. The first-order chi connectivity index (χ1) is 15.3. The van der Waals surface area contributed by atoms with E-state index in [1.54, 1.807) is 0 Å². The maximum Gasteiger partial charge on any atom is 0.404 e. The predicted molar refractivity (Wildman–Crippen MR) is 128 cm³/mol. The van der Waals surface area contributed by atoms with Gasteiger partial charge in [0.2, 0.25) is 10.0 Å². The van der Waals surface area contributed by atoms with Crippen LogP contribution in [0.2, 0.25) is 5.02 Å². The summed E-state index contributed by atoms with van der Waals surface area (Å²) in [5.74, 6) is 0.176. The monoisotopic (exact) mass is 478 g/mol. The summed E-state index contributed by atoms with van der Waals surface area (Å²) >= 11 is 6.03. The lowest BCUT2D eigenvalue weighted by Crippen LogP contribution is -2.42. The third kappa shape index (κ3) is 6.95. The fourth-order valence-corrected chi connectivity index (χ4v) is 5.68. The Labute approximate surface area is 195 Å². The second-order valence-corrected chi connectivity index (χ2v) is 10.7. The Morgan fingerprint density at radius 2 is 1.88 bits per heavy atom. The number of carboxylic acid groups (broad SMARTS) is 1. The van der Waals surface area contributed by atoms with Crippen LogP contribution in [0.15, 0.2) is 42.5 Å². The maximum absolute atomic E-state index is 11.8. The quantitative estimate of drug-likeness (QED) is 0.438. The van der Waals surface area contributed by atoms with Crippen molar-refractivity contribution in [1.82, 2.24) is 10.0 Å². The van der Waals surface area contributed by atoms with Gasteiger partial charge in [0.15, 0.2) is 0 Å². The molecule has 0 fully saturated rings. The molecule has 0 heterocycles. The molecular formula is C24H31ClN2O4S. The number of halogens is 1. The van der Waals surface area contributed by atoms with E-state index >= 15 is 0 Å². The van der Waals surface area contributed by atoms with E-state index in [2.05, 4.69) is 28.2 Å². The lowest BCUT2D eigenvalue weighted by Gasteiger charge is -2.34. The third-order valence-corrected chi connectivity index (χ3v) is 7.78. The van der Waals surface area contributed by atoms with Crippen molar-refractivity contribution < 1.29 is 18.3 Å². The van der Waals surface area contributed by atoms with Crippen molar-refractivity contribution in [3.63, 3.8) is 0 Å². The van der Waals surface area contributed by atoms with E-state index in [1.165, 1.54) is 11.1 Å². The van der Waals surface area contributed by atoms with Crippen LogP contribution in [-0.2, 0) is 29.3 Å². The molecule has 6 nitrogen and oxygen atoms in total. The molecule has 2 unspecified atom stereocenters. The topological polar surface area (TPSA) is 95.5 Å². The fraction of sp³-hybridized carbons (Fsp3) is 0.458. The molecule has 0 saturated heterocycles. The highest BCUT2D eigenvalue weighted by Gasteiger charge is 2.31. The summed E-state index contributed by atoms with van der Waals surface area (Å²) in [5, 5.41) is 12.7. The standard InChI is InChI=1S/C24H31ClN2O4S/c1-2-14-32(30,31)26-13-3-4-17-5-8-19-9-12-23(27-24(28)29)22(21(19)15-17)16-18-6-10-20(25)11-7-18/h5-8,10-11,15,22-23,26-27H,2-4,9,12-14,16H2,1H3,(H,28,29). The summed E-state index contributed by atoms with van der Waals surface area (Å²) in [5.41, 5.74) is 4.67. The lowest BCUT2D eigenvalue weighted by molar-refractivity contribution is 0.185. The molecule has 1 aliphatic carbocycles. The van der Waals surface area contributed by atoms with E-state index in [0.717, 1.165) is 36.8 Å². The van der Waals surface area contributed by atoms with Crippen molar-refractivity contribution in [3.05, 3.63) is 69.7 Å². The highest BCUT2D eigenvalue weighted by atomic mass is 35.5. The van der Waals surface area contributed by atoms with Crippen molar-refractivity contribution in [2.75, 3.05) is 12.3 Å². The molecule has 3 rings (SSSR count). The molecule has 0 saturated carbocycles. The van der Waals surface area contributed by atoms with Crippen molar-refractivity contribution in [2.45, 2.75) is 57.4 Å². The largest absolute Gasteiger partial charge is 0.465 e. The molecule has 1 amide bonds. The Kier molecular flexibility index (Phi) is 8.57. The molecule has 2 aromatic rings. The first-order valence-corrected chi connectivity index (χ1v) is 13.1. The van der Waals surface area contributed by atoms with Crippen molar-refractivity contribution >= 4 is 27.7 Å². The summed E-state index contributed by atoms with van der Waals surface area (Å²) < 4.78 is 26.3. The molecule has 2 aromatic carbocycles. The molecule has 2 atom stereocenters. The Morgan fingerprint density at radius 1 is 1.16 bits per heavy atom. The zero-order valence-electron chi connectivity index (χ0n) is 18.3. The second-order valence-electron chi connectivity index (χ2n) is 8.38. The van der Waals surface area contributed by atoms with Gasteiger partial charge in [0.25, 0.3) is 0 Å². The Bertz CT molecular complexity index is 1020. The SMILES string of the molecule is CCCS(=O)(=O)NCCCc1ccc2c(c1)C(Cc1ccc(Cl)cc1)C(NC(=O)O)CC2. The highest BCUT2D eigenvalue weighted by molar-refractivity contribution is 7.89. The third-order valence-electron chi connectivity index (χ3n) is 5.93. The Hall–Kier alpha value is -2.09. The number of nitrogens with one attached hydrogen (secondary N) is 2. The summed E-state index contributed by atoms with van der Waals surface area (Å²) in [7, 11) is -3.19. The first-order valence-electron chi connectivity index (χ1n) is 11.1. The summed E-state index contributed by atoms with van der Waals surface area (Å²) in [6.45, 7) is 2.26. The van der Waals surface area contributed by atoms with Crippen molar-refractivity contribution in [3.8, 4) is 0 Å². The first kappa shape index (κ1) is 24.6. The van der Waals surface area contributed by atoms with Crippen LogP contribution in [0.5, 0.6) is 0 Å². The number of hydrogen-bond donors (Lipinski definition) is 3. The molecule has 0 radical (unpaired) electrons. The van der Waals surface area contributed by atoms with E-state index in [9.17, 15) is 18.3 Å². The highest BCUT2D eigenvalue weighted by Crippen LogP contribution is 2.35. The summed E-state index contributed by atoms with van der Waals surface area (Å²) in [6, 6.07) is 13.9. The van der Waals surface area contributed by atoms with Gasteiger partial charge in [-0.2, -0.15) is 0 Å². The number of sulfonamides is 1. The van der Waals surface area contributed by atoms with Crippen LogP contribution in [0, 0.1) is 0 Å². The van der Waals surface area contributed by atoms with Gasteiger partial charge in [0.05, 0.1) is 5.75 Å². The summed E-state index contributed by atoms with van der Waals surface area (Å²) in [4.78, 5) is 11.4. The van der Waals surface area contributed by atoms with Gasteiger partial charge < -0.3 is 10.4 Å². The van der Waals surface area contributed by atoms with Gasteiger partial charge in [-0.3, -0.25) is 0 Å². The minimum Gasteiger partial charge on any atom is -0.465 e. The van der Waals surface area contributed by atoms with Crippen LogP contribution in [0.4, 0.5) is 4.79 Å². The van der Waals surface area contributed by atoms with E-state index in [-0.39, 0.29) is 17.7 Å². The normalized spacial score (nSPS) is 18.2. The molecule has 0 bridgehead atoms. The van der Waals surface area contributed by atoms with Gasteiger partial charge >= 0.3 is 6.09 Å². The van der Waals surface area contributed by atoms with Crippen LogP contribution in [0.3, 0.4) is 0 Å². The van der Waals surface area contributed by atoms with Gasteiger partial charge in [-0.15, -0.1) is 0 Å². The second kappa shape index (κ2) is 11.2. The van der Waals surface area contributed by atoms with Crippen molar-refractivity contribution in [1.29, 1.82) is 0 Å². The lowest BCUT2D eigenvalue weighted by atomic mass is 9.75. The zero-order chi connectivity index (χ0) is 23.1. The zero-order valence-corrected chi connectivity index (χ0v) is 19.9. The fourth-order valence-electron chi connectivity index (χ4n) is 4.42.